The number of thiazole rings is 1. The third kappa shape index (κ3) is 4.86. The summed E-state index contributed by atoms with van der Waals surface area (Å²) >= 11 is 1.30. The van der Waals surface area contributed by atoms with Crippen LogP contribution in [0.15, 0.2) is 42.6 Å². The van der Waals surface area contributed by atoms with E-state index in [-0.39, 0.29) is 34.7 Å². The fraction of sp³-hybridized carbons (Fsp3) is 0.296. The highest BCUT2D eigenvalue weighted by Crippen LogP contribution is 2.47. The number of alkyl halides is 3. The van der Waals surface area contributed by atoms with E-state index >= 15 is 0 Å². The molecule has 0 saturated carbocycles. The van der Waals surface area contributed by atoms with Crippen molar-refractivity contribution in [1.29, 1.82) is 0 Å². The van der Waals surface area contributed by atoms with Crippen LogP contribution in [0, 0.1) is 5.82 Å². The fourth-order valence-electron chi connectivity index (χ4n) is 4.39. The van der Waals surface area contributed by atoms with Gasteiger partial charge in [-0.1, -0.05) is 6.92 Å². The average Bonchev–Trinajstić information content (AvgIpc) is 3.52. The fourth-order valence-corrected chi connectivity index (χ4v) is 5.29. The number of halogens is 4. The Morgan fingerprint density at radius 1 is 1.20 bits per heavy atom. The molecule has 0 saturated heterocycles. The van der Waals surface area contributed by atoms with Gasteiger partial charge in [-0.25, -0.2) is 19.3 Å². The summed E-state index contributed by atoms with van der Waals surface area (Å²) in [6, 6.07) is 7.05. The Morgan fingerprint density at radius 3 is 2.54 bits per heavy atom. The summed E-state index contributed by atoms with van der Waals surface area (Å²) in [5.41, 5.74) is -0.244. The molecule has 4 aromatic rings. The van der Waals surface area contributed by atoms with E-state index in [0.29, 0.717) is 16.8 Å². The molecule has 14 heteroatoms. The van der Waals surface area contributed by atoms with Crippen LogP contribution in [0.1, 0.15) is 40.5 Å². The van der Waals surface area contributed by atoms with Crippen LogP contribution >= 0.6 is 11.3 Å². The molecule has 0 spiro atoms. The maximum Gasteiger partial charge on any atom is 0.424 e. The summed E-state index contributed by atoms with van der Waals surface area (Å²) in [5, 5.41) is 14.0. The van der Waals surface area contributed by atoms with Crippen molar-refractivity contribution in [3.05, 3.63) is 70.2 Å². The van der Waals surface area contributed by atoms with E-state index in [4.69, 9.17) is 10.5 Å². The number of hydrogen-bond donors (Lipinski definition) is 3. The standard InChI is InChI=1S/C27H23F4N5O4S/c1-3-19-36-22-17(41-19)8-14(10-33-22)23(37)34-11-26(39,27(29,30)31)18-9-16-21(40-12-25(16,2)24(32)38)20(35-18)13-4-6-15(28)7-5-13/h4-10,39H,3,11-12H2,1-2H3,(H2,32,38)(H,34,37)/t25-,26?/m0/s1. The van der Waals surface area contributed by atoms with E-state index in [2.05, 4.69) is 20.3 Å². The van der Waals surface area contributed by atoms with Gasteiger partial charge in [0.1, 0.15) is 29.3 Å². The van der Waals surface area contributed by atoms with Gasteiger partial charge in [0.05, 0.1) is 27.5 Å². The summed E-state index contributed by atoms with van der Waals surface area (Å²) in [4.78, 5) is 37.7. The van der Waals surface area contributed by atoms with Gasteiger partial charge in [0, 0.05) is 17.3 Å². The summed E-state index contributed by atoms with van der Waals surface area (Å²) in [7, 11) is 0. The summed E-state index contributed by atoms with van der Waals surface area (Å²) in [5.74, 6) is -2.42. The van der Waals surface area contributed by atoms with Crippen LogP contribution in [0.5, 0.6) is 5.75 Å². The molecule has 2 atom stereocenters. The number of aliphatic hydroxyl groups is 1. The van der Waals surface area contributed by atoms with E-state index in [0.717, 1.165) is 23.2 Å². The molecule has 3 aromatic heterocycles. The van der Waals surface area contributed by atoms with E-state index in [1.807, 2.05) is 6.92 Å². The van der Waals surface area contributed by atoms with E-state index in [1.165, 1.54) is 42.7 Å². The van der Waals surface area contributed by atoms with Gasteiger partial charge in [0.15, 0.2) is 5.65 Å². The molecule has 214 valence electrons. The van der Waals surface area contributed by atoms with Gasteiger partial charge in [-0.2, -0.15) is 13.2 Å². The Balaban J connectivity index is 1.57. The molecule has 1 aliphatic heterocycles. The monoisotopic (exact) mass is 589 g/mol. The average molecular weight is 590 g/mol. The summed E-state index contributed by atoms with van der Waals surface area (Å²) < 4.78 is 63.5. The van der Waals surface area contributed by atoms with Crippen molar-refractivity contribution < 1.29 is 37.0 Å². The first-order valence-corrected chi connectivity index (χ1v) is 13.2. The zero-order valence-corrected chi connectivity index (χ0v) is 22.5. The second-order valence-electron chi connectivity index (χ2n) is 9.77. The molecule has 9 nitrogen and oxygen atoms in total. The number of ether oxygens (including phenoxy) is 1. The first-order valence-electron chi connectivity index (χ1n) is 12.3. The number of benzene rings is 1. The number of hydrogen-bond acceptors (Lipinski definition) is 8. The number of amides is 2. The van der Waals surface area contributed by atoms with Crippen LogP contribution in [0.2, 0.25) is 0 Å². The molecule has 1 aromatic carbocycles. The lowest BCUT2D eigenvalue weighted by molar-refractivity contribution is -0.265. The number of primary amides is 1. The molecule has 5 rings (SSSR count). The minimum absolute atomic E-state index is 0.0226. The lowest BCUT2D eigenvalue weighted by Gasteiger charge is -2.31. The van der Waals surface area contributed by atoms with Crippen molar-refractivity contribution in [2.45, 2.75) is 37.5 Å². The lowest BCUT2D eigenvalue weighted by atomic mass is 9.81. The largest absolute Gasteiger partial charge is 0.489 e. The molecule has 0 aliphatic carbocycles. The number of carbonyl (C=O) groups excluding carboxylic acids is 2. The number of pyridine rings is 2. The minimum atomic E-state index is -5.33. The Hall–Kier alpha value is -4.17. The number of carbonyl (C=O) groups is 2. The van der Waals surface area contributed by atoms with E-state index < -0.39 is 47.1 Å². The van der Waals surface area contributed by atoms with Crippen LogP contribution < -0.4 is 15.8 Å². The van der Waals surface area contributed by atoms with Gasteiger partial charge in [-0.3, -0.25) is 9.59 Å². The van der Waals surface area contributed by atoms with Gasteiger partial charge in [-0.05, 0) is 49.7 Å². The number of fused-ring (bicyclic) bond motifs is 2. The predicted octanol–water partition coefficient (Wildman–Crippen LogP) is 3.77. The SMILES string of the molecule is CCc1nc2ncc(C(=O)NCC(O)(c3cc4c(c(-c5ccc(F)cc5)n3)OC[C@]4(C)C(N)=O)C(F)(F)F)cc2s1. The van der Waals surface area contributed by atoms with Crippen LogP contribution in [-0.2, 0) is 22.2 Å². The van der Waals surface area contributed by atoms with Crippen molar-refractivity contribution in [1.82, 2.24) is 20.3 Å². The normalized spacial score (nSPS) is 18.0. The van der Waals surface area contributed by atoms with Crippen molar-refractivity contribution in [2.24, 2.45) is 5.73 Å². The molecule has 2 amide bonds. The quantitative estimate of drug-likeness (QED) is 0.279. The second-order valence-corrected chi connectivity index (χ2v) is 10.9. The van der Waals surface area contributed by atoms with Crippen LogP contribution in [-0.4, -0.2) is 51.2 Å². The Morgan fingerprint density at radius 2 is 1.90 bits per heavy atom. The predicted molar refractivity (Wildman–Crippen MR) is 141 cm³/mol. The molecular weight excluding hydrogens is 566 g/mol. The van der Waals surface area contributed by atoms with Crippen LogP contribution in [0.25, 0.3) is 21.6 Å². The lowest BCUT2D eigenvalue weighted by Crippen LogP contribution is -2.51. The van der Waals surface area contributed by atoms with Gasteiger partial charge >= 0.3 is 6.18 Å². The maximum atomic E-state index is 14.6. The topological polar surface area (TPSA) is 140 Å². The summed E-state index contributed by atoms with van der Waals surface area (Å²) in [6.07, 6.45) is -3.51. The third-order valence-corrected chi connectivity index (χ3v) is 8.12. The highest BCUT2D eigenvalue weighted by atomic mass is 32.1. The van der Waals surface area contributed by atoms with Crippen LogP contribution in [0.3, 0.4) is 0 Å². The van der Waals surface area contributed by atoms with Gasteiger partial charge in [-0.15, -0.1) is 11.3 Å². The van der Waals surface area contributed by atoms with Crippen molar-refractivity contribution in [3.8, 4) is 17.0 Å². The van der Waals surface area contributed by atoms with Crippen molar-refractivity contribution in [2.75, 3.05) is 13.2 Å². The molecule has 41 heavy (non-hydrogen) atoms. The molecule has 4 heterocycles. The Bertz CT molecular complexity index is 1680. The highest BCUT2D eigenvalue weighted by Gasteiger charge is 2.57. The zero-order chi connectivity index (χ0) is 29.7. The molecule has 4 N–H and O–H groups in total. The highest BCUT2D eigenvalue weighted by molar-refractivity contribution is 7.18. The van der Waals surface area contributed by atoms with Crippen LogP contribution in [0.4, 0.5) is 17.6 Å². The number of nitrogens with two attached hydrogens (primary N) is 1. The van der Waals surface area contributed by atoms with Crippen molar-refractivity contribution >= 4 is 33.5 Å². The molecule has 1 unspecified atom stereocenters. The Kier molecular flexibility index (Phi) is 6.94. The number of aryl methyl sites for hydroxylation is 1. The van der Waals surface area contributed by atoms with Gasteiger partial charge in [0.2, 0.25) is 11.5 Å². The number of nitrogens with zero attached hydrogens (tertiary/aromatic N) is 3. The molecule has 0 radical (unpaired) electrons. The Labute approximate surface area is 234 Å². The molecule has 0 fully saturated rings. The zero-order valence-electron chi connectivity index (χ0n) is 21.7. The second kappa shape index (κ2) is 10.0. The smallest absolute Gasteiger partial charge is 0.424 e. The first-order chi connectivity index (χ1) is 19.3. The van der Waals surface area contributed by atoms with E-state index in [1.54, 1.807) is 0 Å². The molecule has 1 aliphatic rings. The number of aromatic nitrogens is 3. The minimum Gasteiger partial charge on any atom is -0.489 e. The number of nitrogens with one attached hydrogen (secondary N) is 1. The van der Waals surface area contributed by atoms with E-state index in [9.17, 15) is 32.3 Å². The first kappa shape index (κ1) is 28.4. The molecule has 0 bridgehead atoms. The molecular formula is C27H23F4N5O4S. The number of rotatable bonds is 7. The van der Waals surface area contributed by atoms with Crippen molar-refractivity contribution in [3.63, 3.8) is 0 Å². The maximum absolute atomic E-state index is 14.6. The van der Waals surface area contributed by atoms with Gasteiger partial charge in [0.25, 0.3) is 5.91 Å². The summed E-state index contributed by atoms with van der Waals surface area (Å²) in [6.45, 7) is 1.68. The third-order valence-electron chi connectivity index (χ3n) is 6.99. The van der Waals surface area contributed by atoms with Gasteiger partial charge < -0.3 is 20.9 Å².